The highest BCUT2D eigenvalue weighted by molar-refractivity contribution is 7.52. The maximum Gasteiger partial charge on any atom is 0.459 e. The Morgan fingerprint density at radius 3 is 2.15 bits per heavy atom. The van der Waals surface area contributed by atoms with Crippen molar-refractivity contribution in [3.05, 3.63) is 150 Å². The zero-order valence-corrected chi connectivity index (χ0v) is 39.1. The standard InChI is InChI=1S/C50H53F2N6O8P/c1-8-62-44-42-43(54-47(55-44)56-50(36-20-11-9-12-21-36,37-22-13-10-14-23-37)38-26-28-39(61-7)29-27-38)58(31-53-42)46-48(6,51)34(5)49(52,65-46)30-63-67(60,57-33(4)45(59)64-32(2)3)66-41-25-17-19-35-18-15-16-24-40(35)41/h9-29,31-34,46H,8,30H2,1-7H3,(H,57,60)(H,54,55,56)/t33-,34-,46+,48+,49+,67?/m0/s1. The van der Waals surface area contributed by atoms with Crippen LogP contribution >= 0.6 is 7.75 Å². The molecule has 0 amide bonds. The van der Waals surface area contributed by atoms with Gasteiger partial charge in [-0.3, -0.25) is 13.9 Å². The summed E-state index contributed by atoms with van der Waals surface area (Å²) in [5.74, 6) is -4.26. The van der Waals surface area contributed by atoms with Crippen LogP contribution in [0.25, 0.3) is 21.9 Å². The van der Waals surface area contributed by atoms with E-state index in [1.807, 2.05) is 103 Å². The second kappa shape index (κ2) is 19.0. The third-order valence-electron chi connectivity index (χ3n) is 11.9. The van der Waals surface area contributed by atoms with Crippen molar-refractivity contribution < 1.29 is 46.1 Å². The Morgan fingerprint density at radius 1 is 0.881 bits per heavy atom. The molecule has 1 fully saturated rings. The highest BCUT2D eigenvalue weighted by Gasteiger charge is 2.63. The fraction of sp³-hybridized carbons (Fsp3) is 0.320. The Labute approximate surface area is 387 Å². The molecule has 0 spiro atoms. The predicted octanol–water partition coefficient (Wildman–Crippen LogP) is 10.5. The zero-order chi connectivity index (χ0) is 47.6. The lowest BCUT2D eigenvalue weighted by atomic mass is 9.77. The van der Waals surface area contributed by atoms with E-state index in [4.69, 9.17) is 38.0 Å². The molecule has 350 valence electrons. The second-order valence-corrected chi connectivity index (χ2v) is 18.4. The van der Waals surface area contributed by atoms with Gasteiger partial charge in [0, 0.05) is 5.39 Å². The van der Waals surface area contributed by atoms with Crippen LogP contribution in [0.15, 0.2) is 134 Å². The first-order chi connectivity index (χ1) is 32.1. The molecule has 0 aliphatic carbocycles. The topological polar surface area (TPSA) is 157 Å². The summed E-state index contributed by atoms with van der Waals surface area (Å²) in [7, 11) is -3.07. The van der Waals surface area contributed by atoms with Crippen molar-refractivity contribution in [2.75, 3.05) is 25.6 Å². The third-order valence-corrected chi connectivity index (χ3v) is 13.5. The molecular weight excluding hydrogens is 882 g/mol. The molecule has 8 rings (SSSR count). The first kappa shape index (κ1) is 47.1. The first-order valence-corrected chi connectivity index (χ1v) is 23.5. The van der Waals surface area contributed by atoms with Crippen LogP contribution in [-0.2, 0) is 28.9 Å². The Kier molecular flexibility index (Phi) is 13.4. The van der Waals surface area contributed by atoms with Crippen LogP contribution in [0.4, 0.5) is 14.7 Å². The van der Waals surface area contributed by atoms with Crippen LogP contribution < -0.4 is 24.4 Å². The molecule has 17 heteroatoms. The lowest BCUT2D eigenvalue weighted by Gasteiger charge is -2.37. The monoisotopic (exact) mass is 934 g/mol. The second-order valence-electron chi connectivity index (χ2n) is 16.8. The average Bonchev–Trinajstić information content (AvgIpc) is 3.83. The summed E-state index contributed by atoms with van der Waals surface area (Å²) in [5.41, 5.74) is -0.837. The number of aromatic nitrogens is 4. The molecule has 1 unspecified atom stereocenters. The number of benzene rings is 5. The Bertz CT molecular complexity index is 2850. The fourth-order valence-corrected chi connectivity index (χ4v) is 9.80. The zero-order valence-electron chi connectivity index (χ0n) is 38.2. The van der Waals surface area contributed by atoms with E-state index in [1.165, 1.54) is 31.7 Å². The molecule has 1 saturated heterocycles. The molecule has 67 heavy (non-hydrogen) atoms. The summed E-state index contributed by atoms with van der Waals surface area (Å²) >= 11 is 0. The molecule has 0 saturated carbocycles. The number of ether oxygens (including phenoxy) is 4. The summed E-state index contributed by atoms with van der Waals surface area (Å²) in [5, 5.41) is 7.56. The van der Waals surface area contributed by atoms with E-state index >= 15 is 8.78 Å². The minimum absolute atomic E-state index is 0.0704. The van der Waals surface area contributed by atoms with E-state index in [0.717, 1.165) is 22.1 Å². The number of carbonyl (C=O) groups excluding carboxylic acids is 1. The van der Waals surface area contributed by atoms with Crippen molar-refractivity contribution in [2.45, 2.75) is 77.0 Å². The molecule has 7 aromatic rings. The Morgan fingerprint density at radius 2 is 1.51 bits per heavy atom. The van der Waals surface area contributed by atoms with Gasteiger partial charge in [0.15, 0.2) is 23.1 Å². The van der Waals surface area contributed by atoms with Crippen molar-refractivity contribution in [3.8, 4) is 17.4 Å². The number of hydrogen-bond acceptors (Lipinski definition) is 12. The summed E-state index contributed by atoms with van der Waals surface area (Å²) in [6.45, 7) is 8.18. The van der Waals surface area contributed by atoms with Crippen LogP contribution in [0.5, 0.6) is 17.4 Å². The SMILES string of the molecule is CCOc1nc(NC(c2ccccc2)(c2ccccc2)c2ccc(OC)cc2)nc2c1ncn2[C@@H]1O[C@](F)(COP(=O)(N[C@@H](C)C(=O)OC(C)C)Oc2cccc3ccccc23)[C@@H](C)[C@@]1(C)F. The maximum atomic E-state index is 17.6. The van der Waals surface area contributed by atoms with E-state index in [0.29, 0.717) is 11.1 Å². The maximum absolute atomic E-state index is 17.6. The van der Waals surface area contributed by atoms with Gasteiger partial charge < -0.3 is 28.8 Å². The first-order valence-electron chi connectivity index (χ1n) is 22.0. The molecule has 3 heterocycles. The van der Waals surface area contributed by atoms with Gasteiger partial charge in [0.05, 0.1) is 32.1 Å². The number of rotatable bonds is 18. The summed E-state index contributed by atoms with van der Waals surface area (Å²) in [6, 6.07) is 38.2. The van der Waals surface area contributed by atoms with Crippen LogP contribution in [0, 0.1) is 5.92 Å². The van der Waals surface area contributed by atoms with Crippen LogP contribution in [0.1, 0.15) is 64.5 Å². The van der Waals surface area contributed by atoms with E-state index in [1.54, 1.807) is 52.1 Å². The number of carbonyl (C=O) groups is 1. The van der Waals surface area contributed by atoms with Gasteiger partial charge >= 0.3 is 13.7 Å². The molecule has 6 atom stereocenters. The fourth-order valence-electron chi connectivity index (χ4n) is 8.27. The molecule has 5 aromatic carbocycles. The average molecular weight is 935 g/mol. The lowest BCUT2D eigenvalue weighted by molar-refractivity contribution is -0.188. The summed E-state index contributed by atoms with van der Waals surface area (Å²) in [6.07, 6.45) is -0.891. The number of halogens is 2. The van der Waals surface area contributed by atoms with Crippen LogP contribution in [0.2, 0.25) is 0 Å². The van der Waals surface area contributed by atoms with Gasteiger partial charge in [0.2, 0.25) is 17.7 Å². The molecule has 1 aliphatic heterocycles. The van der Waals surface area contributed by atoms with Crippen molar-refractivity contribution in [1.29, 1.82) is 0 Å². The normalized spacial score (nSPS) is 20.9. The highest BCUT2D eigenvalue weighted by atomic mass is 31.2. The van der Waals surface area contributed by atoms with Crippen molar-refractivity contribution in [3.63, 3.8) is 0 Å². The number of imidazole rings is 1. The number of fused-ring (bicyclic) bond motifs is 2. The number of methoxy groups -OCH3 is 1. The molecule has 0 radical (unpaired) electrons. The van der Waals surface area contributed by atoms with Gasteiger partial charge in [-0.25, -0.2) is 18.3 Å². The van der Waals surface area contributed by atoms with E-state index in [-0.39, 0.29) is 35.3 Å². The van der Waals surface area contributed by atoms with E-state index < -0.39 is 61.7 Å². The molecule has 0 bridgehead atoms. The van der Waals surface area contributed by atoms with E-state index in [9.17, 15) is 9.36 Å². The van der Waals surface area contributed by atoms with Gasteiger partial charge in [-0.1, -0.05) is 116 Å². The van der Waals surface area contributed by atoms with Crippen molar-refractivity contribution in [2.24, 2.45) is 5.92 Å². The van der Waals surface area contributed by atoms with Crippen molar-refractivity contribution >= 4 is 41.6 Å². The minimum atomic E-state index is -4.67. The van der Waals surface area contributed by atoms with Gasteiger partial charge in [-0.15, -0.1) is 0 Å². The molecule has 2 N–H and O–H groups in total. The number of hydrogen-bond donors (Lipinski definition) is 2. The van der Waals surface area contributed by atoms with Gasteiger partial charge in [-0.2, -0.15) is 15.1 Å². The number of nitrogens with zero attached hydrogens (tertiary/aromatic N) is 4. The number of esters is 1. The predicted molar refractivity (Wildman–Crippen MR) is 250 cm³/mol. The smallest absolute Gasteiger partial charge is 0.459 e. The Hall–Kier alpha value is -6.45. The largest absolute Gasteiger partial charge is 0.497 e. The van der Waals surface area contributed by atoms with Crippen LogP contribution in [-0.4, -0.2) is 69.5 Å². The third kappa shape index (κ3) is 9.31. The summed E-state index contributed by atoms with van der Waals surface area (Å²) in [4.78, 5) is 27.2. The Balaban J connectivity index is 1.17. The number of alkyl halides is 2. The molecule has 2 aromatic heterocycles. The highest BCUT2D eigenvalue weighted by Crippen LogP contribution is 2.55. The minimum Gasteiger partial charge on any atom is -0.497 e. The molecule has 1 aliphatic rings. The van der Waals surface area contributed by atoms with Crippen LogP contribution in [0.3, 0.4) is 0 Å². The number of nitrogens with one attached hydrogen (secondary N) is 2. The van der Waals surface area contributed by atoms with Crippen molar-refractivity contribution in [1.82, 2.24) is 24.6 Å². The van der Waals surface area contributed by atoms with Gasteiger partial charge in [0.1, 0.15) is 29.7 Å². The van der Waals surface area contributed by atoms with Gasteiger partial charge in [0.25, 0.3) is 0 Å². The summed E-state index contributed by atoms with van der Waals surface area (Å²) < 4.78 is 85.8. The van der Waals surface area contributed by atoms with Gasteiger partial charge in [-0.05, 0) is 74.9 Å². The molecular formula is C50H53F2N6O8P. The number of anilines is 1. The molecule has 14 nitrogen and oxygen atoms in total. The van der Waals surface area contributed by atoms with E-state index in [2.05, 4.69) is 15.4 Å². The lowest BCUT2D eigenvalue weighted by Crippen LogP contribution is -2.41. The quantitative estimate of drug-likeness (QED) is 0.0476.